The Hall–Kier alpha value is -2.08. The van der Waals surface area contributed by atoms with Crippen molar-refractivity contribution in [3.63, 3.8) is 0 Å². The Morgan fingerprint density at radius 1 is 1.07 bits per heavy atom. The van der Waals surface area contributed by atoms with Crippen LogP contribution in [-0.4, -0.2) is 55.7 Å². The fraction of sp³-hybridized carbons (Fsp3) is 0.619. The topological polar surface area (TPSA) is 67.9 Å². The summed E-state index contributed by atoms with van der Waals surface area (Å²) in [6, 6.07) is 5.61. The first kappa shape index (κ1) is 18.3. The summed E-state index contributed by atoms with van der Waals surface area (Å²) in [6.45, 7) is 2.42. The number of hydrogen-bond acceptors (Lipinski definition) is 5. The first-order valence-corrected chi connectivity index (χ1v) is 10.1. The molecule has 6 heteroatoms. The number of fused-ring (bicyclic) bond motifs is 2. The molecular formula is C21H28N2O4. The van der Waals surface area contributed by atoms with Crippen LogP contribution in [0.2, 0.25) is 0 Å². The van der Waals surface area contributed by atoms with E-state index in [0.717, 1.165) is 32.4 Å². The second-order valence-corrected chi connectivity index (χ2v) is 7.94. The third-order valence-electron chi connectivity index (χ3n) is 6.17. The van der Waals surface area contributed by atoms with Gasteiger partial charge >= 0.3 is 5.97 Å². The Labute approximate surface area is 160 Å². The summed E-state index contributed by atoms with van der Waals surface area (Å²) in [5.74, 6) is 0.705. The van der Waals surface area contributed by atoms with Gasteiger partial charge in [-0.05, 0) is 62.8 Å². The SMILES string of the molecule is COC(=O)c1cc(OCC2CCC2)cc(C(=O)N2[C@H]3CCNC[C@@H]2CC3)c1. The van der Waals surface area contributed by atoms with Gasteiger partial charge in [-0.2, -0.15) is 0 Å². The molecule has 0 aromatic heterocycles. The minimum Gasteiger partial charge on any atom is -0.493 e. The van der Waals surface area contributed by atoms with Gasteiger partial charge < -0.3 is 19.7 Å². The zero-order valence-corrected chi connectivity index (χ0v) is 15.9. The lowest BCUT2D eigenvalue weighted by Gasteiger charge is -2.28. The van der Waals surface area contributed by atoms with Crippen molar-refractivity contribution >= 4 is 11.9 Å². The first-order valence-electron chi connectivity index (χ1n) is 10.1. The molecule has 2 heterocycles. The number of methoxy groups -OCH3 is 1. The second kappa shape index (κ2) is 7.89. The van der Waals surface area contributed by atoms with Gasteiger partial charge in [0, 0.05) is 24.2 Å². The van der Waals surface area contributed by atoms with E-state index in [0.29, 0.717) is 29.4 Å². The number of rotatable bonds is 5. The largest absolute Gasteiger partial charge is 0.493 e. The molecule has 2 aliphatic heterocycles. The molecule has 1 aliphatic carbocycles. The Morgan fingerprint density at radius 2 is 1.85 bits per heavy atom. The summed E-state index contributed by atoms with van der Waals surface area (Å²) in [4.78, 5) is 27.5. The number of benzene rings is 1. The Kier molecular flexibility index (Phi) is 5.34. The van der Waals surface area contributed by atoms with E-state index in [1.165, 1.54) is 26.4 Å². The quantitative estimate of drug-likeness (QED) is 0.805. The van der Waals surface area contributed by atoms with E-state index in [-0.39, 0.29) is 18.0 Å². The van der Waals surface area contributed by atoms with Crippen LogP contribution in [0, 0.1) is 5.92 Å². The molecule has 1 amide bonds. The van der Waals surface area contributed by atoms with Crippen molar-refractivity contribution in [2.45, 2.75) is 50.6 Å². The van der Waals surface area contributed by atoms with Gasteiger partial charge in [-0.3, -0.25) is 4.79 Å². The standard InChI is InChI=1S/C21H28N2O4/c1-26-21(25)16-9-15(10-19(11-16)27-13-14-3-2-4-14)20(24)23-17-5-6-18(23)12-22-8-7-17/h9-11,14,17-18,22H,2-8,12-13H2,1H3/t17-,18+/m1/s1. The van der Waals surface area contributed by atoms with Gasteiger partial charge in [-0.1, -0.05) is 6.42 Å². The molecule has 1 aromatic carbocycles. The highest BCUT2D eigenvalue weighted by atomic mass is 16.5. The average molecular weight is 372 g/mol. The van der Waals surface area contributed by atoms with E-state index in [9.17, 15) is 9.59 Å². The van der Waals surface area contributed by atoms with Crippen molar-refractivity contribution in [1.82, 2.24) is 10.2 Å². The highest BCUT2D eigenvalue weighted by Crippen LogP contribution is 2.31. The van der Waals surface area contributed by atoms with Crippen molar-refractivity contribution in [3.8, 4) is 5.75 Å². The zero-order chi connectivity index (χ0) is 18.8. The fourth-order valence-electron chi connectivity index (χ4n) is 4.38. The molecule has 2 atom stereocenters. The van der Waals surface area contributed by atoms with E-state index in [1.807, 2.05) is 4.90 Å². The van der Waals surface area contributed by atoms with Crippen molar-refractivity contribution in [3.05, 3.63) is 29.3 Å². The predicted octanol–water partition coefficient (Wildman–Crippen LogP) is 2.62. The van der Waals surface area contributed by atoms with Crippen LogP contribution in [0.25, 0.3) is 0 Å². The van der Waals surface area contributed by atoms with Crippen LogP contribution in [0.3, 0.4) is 0 Å². The molecule has 3 aliphatic rings. The lowest BCUT2D eigenvalue weighted by Crippen LogP contribution is -2.42. The third-order valence-corrected chi connectivity index (χ3v) is 6.17. The molecule has 27 heavy (non-hydrogen) atoms. The molecule has 2 bridgehead atoms. The van der Waals surface area contributed by atoms with Gasteiger partial charge in [-0.15, -0.1) is 0 Å². The maximum absolute atomic E-state index is 13.3. The average Bonchev–Trinajstić information content (AvgIpc) is 2.91. The number of nitrogens with zero attached hydrogens (tertiary/aromatic N) is 1. The first-order chi connectivity index (χ1) is 13.2. The molecule has 1 saturated carbocycles. The van der Waals surface area contributed by atoms with Crippen molar-refractivity contribution in [2.24, 2.45) is 5.92 Å². The number of carbonyl (C=O) groups is 2. The van der Waals surface area contributed by atoms with Gasteiger partial charge in [0.15, 0.2) is 0 Å². The number of amides is 1. The van der Waals surface area contributed by atoms with E-state index < -0.39 is 5.97 Å². The van der Waals surface area contributed by atoms with Gasteiger partial charge in [0.2, 0.25) is 0 Å². The second-order valence-electron chi connectivity index (χ2n) is 7.94. The van der Waals surface area contributed by atoms with E-state index in [4.69, 9.17) is 9.47 Å². The third kappa shape index (κ3) is 3.81. The lowest BCUT2D eigenvalue weighted by atomic mass is 9.86. The highest BCUT2D eigenvalue weighted by Gasteiger charge is 2.38. The maximum atomic E-state index is 13.3. The van der Waals surface area contributed by atoms with Crippen molar-refractivity contribution in [2.75, 3.05) is 26.8 Å². The van der Waals surface area contributed by atoms with Gasteiger partial charge in [-0.25, -0.2) is 4.79 Å². The van der Waals surface area contributed by atoms with Crippen LogP contribution in [0.1, 0.15) is 59.2 Å². The summed E-state index contributed by atoms with van der Waals surface area (Å²) in [7, 11) is 1.35. The molecule has 146 valence electrons. The summed E-state index contributed by atoms with van der Waals surface area (Å²) in [5.41, 5.74) is 0.882. The minimum absolute atomic E-state index is 0.00885. The van der Waals surface area contributed by atoms with E-state index in [1.54, 1.807) is 18.2 Å². The van der Waals surface area contributed by atoms with Crippen LogP contribution < -0.4 is 10.1 Å². The monoisotopic (exact) mass is 372 g/mol. The Morgan fingerprint density at radius 3 is 2.59 bits per heavy atom. The Bertz CT molecular complexity index is 702. The molecule has 0 unspecified atom stereocenters. The predicted molar refractivity (Wildman–Crippen MR) is 101 cm³/mol. The molecule has 2 saturated heterocycles. The van der Waals surface area contributed by atoms with E-state index >= 15 is 0 Å². The van der Waals surface area contributed by atoms with Gasteiger partial charge in [0.1, 0.15) is 5.75 Å². The molecule has 1 aromatic rings. The van der Waals surface area contributed by atoms with E-state index in [2.05, 4.69) is 5.32 Å². The number of hydrogen-bond donors (Lipinski definition) is 1. The molecule has 0 spiro atoms. The summed E-state index contributed by atoms with van der Waals surface area (Å²) < 4.78 is 10.8. The number of nitrogens with one attached hydrogen (secondary N) is 1. The van der Waals surface area contributed by atoms with Crippen molar-refractivity contribution < 1.29 is 19.1 Å². The van der Waals surface area contributed by atoms with Crippen LogP contribution in [0.4, 0.5) is 0 Å². The zero-order valence-electron chi connectivity index (χ0n) is 15.9. The molecule has 1 N–H and O–H groups in total. The highest BCUT2D eigenvalue weighted by molar-refractivity contribution is 5.99. The van der Waals surface area contributed by atoms with Gasteiger partial charge in [0.05, 0.1) is 19.3 Å². The maximum Gasteiger partial charge on any atom is 0.338 e. The van der Waals surface area contributed by atoms with Crippen LogP contribution in [0.15, 0.2) is 18.2 Å². The van der Waals surface area contributed by atoms with Crippen LogP contribution >= 0.6 is 0 Å². The molecule has 3 fully saturated rings. The number of carbonyl (C=O) groups excluding carboxylic acids is 2. The summed E-state index contributed by atoms with van der Waals surface area (Å²) >= 11 is 0. The smallest absolute Gasteiger partial charge is 0.338 e. The normalized spacial score (nSPS) is 24.9. The molecule has 0 radical (unpaired) electrons. The molecular weight excluding hydrogens is 344 g/mol. The van der Waals surface area contributed by atoms with Crippen LogP contribution in [0.5, 0.6) is 5.75 Å². The van der Waals surface area contributed by atoms with Crippen molar-refractivity contribution in [1.29, 1.82) is 0 Å². The lowest BCUT2D eigenvalue weighted by molar-refractivity contribution is 0.0600. The number of ether oxygens (including phenoxy) is 2. The molecule has 6 nitrogen and oxygen atoms in total. The van der Waals surface area contributed by atoms with Gasteiger partial charge in [0.25, 0.3) is 5.91 Å². The minimum atomic E-state index is -0.446. The van der Waals surface area contributed by atoms with Crippen LogP contribution in [-0.2, 0) is 4.74 Å². The summed E-state index contributed by atoms with van der Waals surface area (Å²) in [6.07, 6.45) is 6.69. The Balaban J connectivity index is 1.59. The summed E-state index contributed by atoms with van der Waals surface area (Å²) in [5, 5.41) is 3.42. The number of esters is 1. The molecule has 4 rings (SSSR count). The fourth-order valence-corrected chi connectivity index (χ4v) is 4.38.